The first-order valence-corrected chi connectivity index (χ1v) is 6.24. The third-order valence-electron chi connectivity index (χ3n) is 2.74. The summed E-state index contributed by atoms with van der Waals surface area (Å²) in [6.45, 7) is -0.0686. The second-order valence-electron chi connectivity index (χ2n) is 4.32. The zero-order chi connectivity index (χ0) is 15.2. The van der Waals surface area contributed by atoms with Crippen molar-refractivity contribution in [2.45, 2.75) is 0 Å². The van der Waals surface area contributed by atoms with Crippen LogP contribution in [0.4, 0.5) is 15.8 Å². The standard InChI is InChI=1S/C15H14FN3O2/c16-10-4-3-5-11(8-10)19-14(20)9-18-13-7-2-1-6-12(13)15(17)21/h1-8,18H,9H2,(H2,17,21)(H,19,20). The lowest BCUT2D eigenvalue weighted by Crippen LogP contribution is -2.23. The molecule has 0 aliphatic carbocycles. The van der Waals surface area contributed by atoms with E-state index < -0.39 is 11.7 Å². The Labute approximate surface area is 121 Å². The number of carbonyl (C=O) groups is 2. The Morgan fingerprint density at radius 3 is 2.57 bits per heavy atom. The Hall–Kier alpha value is -2.89. The van der Waals surface area contributed by atoms with Crippen LogP contribution in [0.1, 0.15) is 10.4 Å². The Morgan fingerprint density at radius 2 is 1.86 bits per heavy atom. The van der Waals surface area contributed by atoms with Gasteiger partial charge in [-0.3, -0.25) is 9.59 Å². The molecule has 0 radical (unpaired) electrons. The van der Waals surface area contributed by atoms with Crippen molar-refractivity contribution in [2.75, 3.05) is 17.2 Å². The molecule has 2 amide bonds. The summed E-state index contributed by atoms with van der Waals surface area (Å²) < 4.78 is 13.0. The molecule has 0 aromatic heterocycles. The molecule has 0 saturated carbocycles. The van der Waals surface area contributed by atoms with Gasteiger partial charge in [0.05, 0.1) is 12.1 Å². The molecule has 0 heterocycles. The first-order valence-electron chi connectivity index (χ1n) is 6.24. The fourth-order valence-electron chi connectivity index (χ4n) is 1.80. The predicted octanol–water partition coefficient (Wildman–Crippen LogP) is 1.98. The van der Waals surface area contributed by atoms with Crippen LogP contribution in [-0.4, -0.2) is 18.4 Å². The van der Waals surface area contributed by atoms with Crippen molar-refractivity contribution in [1.29, 1.82) is 0 Å². The Balaban J connectivity index is 1.97. The lowest BCUT2D eigenvalue weighted by molar-refractivity contribution is -0.114. The lowest BCUT2D eigenvalue weighted by atomic mass is 10.1. The van der Waals surface area contributed by atoms with Gasteiger partial charge in [0, 0.05) is 11.4 Å². The van der Waals surface area contributed by atoms with Gasteiger partial charge in [-0.25, -0.2) is 4.39 Å². The van der Waals surface area contributed by atoms with Crippen LogP contribution in [0.5, 0.6) is 0 Å². The van der Waals surface area contributed by atoms with Gasteiger partial charge >= 0.3 is 0 Å². The Kier molecular flexibility index (Phi) is 4.50. The molecule has 2 aromatic carbocycles. The van der Waals surface area contributed by atoms with Crippen molar-refractivity contribution in [1.82, 2.24) is 0 Å². The van der Waals surface area contributed by atoms with E-state index in [0.717, 1.165) is 0 Å². The van der Waals surface area contributed by atoms with Crippen LogP contribution < -0.4 is 16.4 Å². The smallest absolute Gasteiger partial charge is 0.250 e. The van der Waals surface area contributed by atoms with E-state index in [4.69, 9.17) is 5.73 Å². The van der Waals surface area contributed by atoms with Crippen molar-refractivity contribution in [3.05, 3.63) is 59.9 Å². The van der Waals surface area contributed by atoms with Gasteiger partial charge in [0.15, 0.2) is 0 Å². The van der Waals surface area contributed by atoms with Crippen molar-refractivity contribution in [3.63, 3.8) is 0 Å². The summed E-state index contributed by atoms with van der Waals surface area (Å²) in [5, 5.41) is 5.37. The third kappa shape index (κ3) is 4.04. The second-order valence-corrected chi connectivity index (χ2v) is 4.32. The van der Waals surface area contributed by atoms with Crippen LogP contribution in [0, 0.1) is 5.82 Å². The van der Waals surface area contributed by atoms with Crippen molar-refractivity contribution in [3.8, 4) is 0 Å². The third-order valence-corrected chi connectivity index (χ3v) is 2.74. The number of amides is 2. The Morgan fingerprint density at radius 1 is 1.10 bits per heavy atom. The molecule has 0 saturated heterocycles. The van der Waals surface area contributed by atoms with E-state index in [9.17, 15) is 14.0 Å². The topological polar surface area (TPSA) is 84.2 Å². The van der Waals surface area contributed by atoms with Gasteiger partial charge in [-0.15, -0.1) is 0 Å². The highest BCUT2D eigenvalue weighted by Crippen LogP contribution is 2.14. The fraction of sp³-hybridized carbons (Fsp3) is 0.0667. The summed E-state index contributed by atoms with van der Waals surface area (Å²) >= 11 is 0. The first kappa shape index (κ1) is 14.5. The van der Waals surface area contributed by atoms with Crippen molar-refractivity contribution < 1.29 is 14.0 Å². The van der Waals surface area contributed by atoms with Crippen LogP contribution in [0.3, 0.4) is 0 Å². The molecule has 0 bridgehead atoms. The summed E-state index contributed by atoms with van der Waals surface area (Å²) in [6, 6.07) is 12.2. The number of hydrogen-bond acceptors (Lipinski definition) is 3. The molecular formula is C15H14FN3O2. The quantitative estimate of drug-likeness (QED) is 0.786. The van der Waals surface area contributed by atoms with Gasteiger partial charge in [-0.2, -0.15) is 0 Å². The van der Waals surface area contributed by atoms with Gasteiger partial charge in [0.25, 0.3) is 5.91 Å². The molecule has 0 atom stereocenters. The van der Waals surface area contributed by atoms with Crippen LogP contribution in [-0.2, 0) is 4.79 Å². The number of nitrogens with one attached hydrogen (secondary N) is 2. The number of nitrogens with two attached hydrogens (primary N) is 1. The molecule has 6 heteroatoms. The molecule has 0 aliphatic heterocycles. The molecule has 0 unspecified atom stereocenters. The number of anilines is 2. The van der Waals surface area contributed by atoms with Crippen LogP contribution in [0.15, 0.2) is 48.5 Å². The average Bonchev–Trinajstić information content (AvgIpc) is 2.45. The van der Waals surface area contributed by atoms with E-state index in [1.165, 1.54) is 18.2 Å². The minimum atomic E-state index is -0.580. The number of carbonyl (C=O) groups excluding carboxylic acids is 2. The van der Waals surface area contributed by atoms with Crippen molar-refractivity contribution in [2.24, 2.45) is 5.73 Å². The molecule has 2 rings (SSSR count). The minimum absolute atomic E-state index is 0.0686. The van der Waals surface area contributed by atoms with Gasteiger partial charge in [0.1, 0.15) is 5.82 Å². The molecular weight excluding hydrogens is 273 g/mol. The van der Waals surface area contributed by atoms with Gasteiger partial charge < -0.3 is 16.4 Å². The molecule has 4 N–H and O–H groups in total. The summed E-state index contributed by atoms with van der Waals surface area (Å²) in [7, 11) is 0. The zero-order valence-electron chi connectivity index (χ0n) is 11.1. The number of para-hydroxylation sites is 1. The van der Waals surface area contributed by atoms with Gasteiger partial charge in [-0.1, -0.05) is 18.2 Å². The first-order chi connectivity index (χ1) is 10.1. The molecule has 108 valence electrons. The van der Waals surface area contributed by atoms with Crippen LogP contribution >= 0.6 is 0 Å². The largest absolute Gasteiger partial charge is 0.376 e. The number of benzene rings is 2. The van der Waals surface area contributed by atoms with Crippen LogP contribution in [0.2, 0.25) is 0 Å². The highest BCUT2D eigenvalue weighted by molar-refractivity contribution is 6.00. The predicted molar refractivity (Wildman–Crippen MR) is 78.5 cm³/mol. The number of primary amides is 1. The zero-order valence-corrected chi connectivity index (χ0v) is 11.1. The van der Waals surface area contributed by atoms with Gasteiger partial charge in [-0.05, 0) is 30.3 Å². The molecule has 0 spiro atoms. The van der Waals surface area contributed by atoms with E-state index in [0.29, 0.717) is 16.9 Å². The molecule has 2 aromatic rings. The van der Waals surface area contributed by atoms with E-state index in [2.05, 4.69) is 10.6 Å². The number of hydrogen-bond donors (Lipinski definition) is 3. The number of rotatable bonds is 5. The van der Waals surface area contributed by atoms with Crippen LogP contribution in [0.25, 0.3) is 0 Å². The fourth-order valence-corrected chi connectivity index (χ4v) is 1.80. The lowest BCUT2D eigenvalue weighted by Gasteiger charge is -2.10. The van der Waals surface area contributed by atoms with Gasteiger partial charge in [0.2, 0.25) is 5.91 Å². The maximum absolute atomic E-state index is 13.0. The van der Waals surface area contributed by atoms with E-state index >= 15 is 0 Å². The monoisotopic (exact) mass is 287 g/mol. The van der Waals surface area contributed by atoms with E-state index in [-0.39, 0.29) is 12.5 Å². The maximum Gasteiger partial charge on any atom is 0.250 e. The molecule has 21 heavy (non-hydrogen) atoms. The maximum atomic E-state index is 13.0. The Bertz CT molecular complexity index is 673. The summed E-state index contributed by atoms with van der Waals surface area (Å²) in [6.07, 6.45) is 0. The summed E-state index contributed by atoms with van der Waals surface area (Å²) in [5.74, 6) is -1.37. The average molecular weight is 287 g/mol. The molecule has 0 fully saturated rings. The highest BCUT2D eigenvalue weighted by atomic mass is 19.1. The summed E-state index contributed by atoms with van der Waals surface area (Å²) in [5.41, 5.74) is 6.38. The van der Waals surface area contributed by atoms with E-state index in [1.54, 1.807) is 30.3 Å². The number of halogens is 1. The molecule has 5 nitrogen and oxygen atoms in total. The highest BCUT2D eigenvalue weighted by Gasteiger charge is 2.08. The van der Waals surface area contributed by atoms with Crippen molar-refractivity contribution >= 4 is 23.2 Å². The van der Waals surface area contributed by atoms with E-state index in [1.807, 2.05) is 0 Å². The normalized spacial score (nSPS) is 9.95. The molecule has 0 aliphatic rings. The SMILES string of the molecule is NC(=O)c1ccccc1NCC(=O)Nc1cccc(F)c1. The minimum Gasteiger partial charge on any atom is -0.376 e. The second kappa shape index (κ2) is 6.51. The summed E-state index contributed by atoms with van der Waals surface area (Å²) in [4.78, 5) is 23.0.